The molecule has 1 aromatic heterocycles. The lowest BCUT2D eigenvalue weighted by atomic mass is 9.98. The van der Waals surface area contributed by atoms with Crippen LogP contribution in [0.1, 0.15) is 46.4 Å². The van der Waals surface area contributed by atoms with Crippen molar-refractivity contribution in [2.24, 2.45) is 5.92 Å². The fourth-order valence-corrected chi connectivity index (χ4v) is 3.96. The maximum absolute atomic E-state index is 12.5. The summed E-state index contributed by atoms with van der Waals surface area (Å²) in [6.07, 6.45) is 7.22. The second-order valence-electron chi connectivity index (χ2n) is 7.61. The van der Waals surface area contributed by atoms with E-state index in [-0.39, 0.29) is 11.8 Å². The van der Waals surface area contributed by atoms with Gasteiger partial charge in [-0.15, -0.1) is 0 Å². The topological polar surface area (TPSA) is 63.0 Å². The maximum Gasteiger partial charge on any atom is 0.257 e. The zero-order valence-corrected chi connectivity index (χ0v) is 16.0. The molecule has 0 saturated carbocycles. The molecule has 0 radical (unpaired) electrons. The van der Waals surface area contributed by atoms with Gasteiger partial charge in [-0.1, -0.05) is 0 Å². The number of hydrogen-bond acceptors (Lipinski definition) is 4. The summed E-state index contributed by atoms with van der Waals surface area (Å²) in [5, 5.41) is 0. The molecule has 1 atom stereocenters. The quantitative estimate of drug-likeness (QED) is 0.795. The average molecular weight is 382 g/mol. The summed E-state index contributed by atoms with van der Waals surface area (Å²) < 4.78 is 11.0. The minimum atomic E-state index is 0.0169. The largest absolute Gasteiger partial charge is 0.493 e. The molecule has 28 heavy (non-hydrogen) atoms. The third kappa shape index (κ3) is 4.21. The molecule has 4 rings (SSSR count). The highest BCUT2D eigenvalue weighted by Crippen LogP contribution is 2.22. The van der Waals surface area contributed by atoms with Crippen molar-refractivity contribution in [3.8, 4) is 5.75 Å². The van der Waals surface area contributed by atoms with Crippen molar-refractivity contribution in [2.75, 3.05) is 32.8 Å². The number of rotatable bonds is 5. The number of hydrogen-bond donors (Lipinski definition) is 0. The number of furan rings is 1. The second-order valence-corrected chi connectivity index (χ2v) is 7.61. The number of benzene rings is 1. The van der Waals surface area contributed by atoms with Gasteiger partial charge in [-0.3, -0.25) is 9.59 Å². The Kier molecular flexibility index (Phi) is 5.65. The number of likely N-dealkylation sites (tertiary alicyclic amines) is 2. The highest BCUT2D eigenvalue weighted by atomic mass is 16.5. The van der Waals surface area contributed by atoms with Crippen LogP contribution in [0.3, 0.4) is 0 Å². The Bertz CT molecular complexity index is 794. The standard InChI is InChI=1S/C22H26N2O4/c25-21(23-10-1-2-11-23)18-5-7-20(8-6-18)28-15-17-4-3-12-24(14-17)22(26)19-9-13-27-16-19/h5-9,13,16-17H,1-4,10-12,14-15H2. The molecule has 1 aromatic carbocycles. The summed E-state index contributed by atoms with van der Waals surface area (Å²) in [4.78, 5) is 28.7. The summed E-state index contributed by atoms with van der Waals surface area (Å²) in [6.45, 7) is 3.73. The van der Waals surface area contributed by atoms with Gasteiger partial charge in [0.2, 0.25) is 0 Å². The van der Waals surface area contributed by atoms with Crippen LogP contribution in [0.25, 0.3) is 0 Å². The minimum Gasteiger partial charge on any atom is -0.493 e. The molecule has 2 aromatic rings. The third-order valence-corrected chi connectivity index (χ3v) is 5.55. The second kappa shape index (κ2) is 8.50. The number of carbonyl (C=O) groups excluding carboxylic acids is 2. The van der Waals surface area contributed by atoms with Gasteiger partial charge in [0, 0.05) is 37.7 Å². The van der Waals surface area contributed by atoms with Crippen molar-refractivity contribution in [1.29, 1.82) is 0 Å². The summed E-state index contributed by atoms with van der Waals surface area (Å²) in [5.41, 5.74) is 1.31. The average Bonchev–Trinajstić information content (AvgIpc) is 3.46. The van der Waals surface area contributed by atoms with Crippen molar-refractivity contribution in [3.63, 3.8) is 0 Å². The van der Waals surface area contributed by atoms with Crippen molar-refractivity contribution in [3.05, 3.63) is 54.0 Å². The van der Waals surface area contributed by atoms with Gasteiger partial charge < -0.3 is 19.0 Å². The lowest BCUT2D eigenvalue weighted by molar-refractivity contribution is 0.0632. The van der Waals surface area contributed by atoms with Crippen LogP contribution in [0.15, 0.2) is 47.3 Å². The molecule has 2 aliphatic rings. The van der Waals surface area contributed by atoms with E-state index in [0.717, 1.165) is 51.1 Å². The smallest absolute Gasteiger partial charge is 0.257 e. The van der Waals surface area contributed by atoms with Crippen LogP contribution in [0.2, 0.25) is 0 Å². The van der Waals surface area contributed by atoms with E-state index in [4.69, 9.17) is 9.15 Å². The molecule has 3 heterocycles. The van der Waals surface area contributed by atoms with Crippen LogP contribution in [0, 0.1) is 5.92 Å². The molecule has 2 amide bonds. The van der Waals surface area contributed by atoms with Gasteiger partial charge >= 0.3 is 0 Å². The lowest BCUT2D eigenvalue weighted by Crippen LogP contribution is -2.41. The number of piperidine rings is 1. The number of amides is 2. The van der Waals surface area contributed by atoms with Gasteiger partial charge in [0.25, 0.3) is 11.8 Å². The summed E-state index contributed by atoms with van der Waals surface area (Å²) >= 11 is 0. The van der Waals surface area contributed by atoms with E-state index in [1.165, 1.54) is 12.5 Å². The molecule has 0 bridgehead atoms. The monoisotopic (exact) mass is 382 g/mol. The van der Waals surface area contributed by atoms with Crippen LogP contribution in [-0.4, -0.2) is 54.4 Å². The molecule has 0 N–H and O–H groups in total. The number of ether oxygens (including phenoxy) is 1. The van der Waals surface area contributed by atoms with Gasteiger partial charge in [-0.25, -0.2) is 0 Å². The molecule has 6 heteroatoms. The highest BCUT2D eigenvalue weighted by molar-refractivity contribution is 5.94. The predicted molar refractivity (Wildman–Crippen MR) is 104 cm³/mol. The Morgan fingerprint density at radius 2 is 1.64 bits per heavy atom. The molecule has 2 saturated heterocycles. The molecular formula is C22H26N2O4. The molecule has 1 unspecified atom stereocenters. The number of nitrogens with zero attached hydrogens (tertiary/aromatic N) is 2. The van der Waals surface area contributed by atoms with Gasteiger partial charge in [0.05, 0.1) is 18.4 Å². The van der Waals surface area contributed by atoms with E-state index in [0.29, 0.717) is 30.2 Å². The van der Waals surface area contributed by atoms with Crippen molar-refractivity contribution in [2.45, 2.75) is 25.7 Å². The van der Waals surface area contributed by atoms with E-state index in [1.807, 2.05) is 34.1 Å². The van der Waals surface area contributed by atoms with Crippen LogP contribution < -0.4 is 4.74 Å². The normalized spacial score (nSPS) is 19.6. The fraction of sp³-hybridized carbons (Fsp3) is 0.455. The molecule has 2 fully saturated rings. The van der Waals surface area contributed by atoms with Crippen molar-refractivity contribution >= 4 is 11.8 Å². The first-order chi connectivity index (χ1) is 13.7. The maximum atomic E-state index is 12.5. The van der Waals surface area contributed by atoms with Crippen LogP contribution >= 0.6 is 0 Å². The van der Waals surface area contributed by atoms with E-state index in [2.05, 4.69) is 0 Å². The lowest BCUT2D eigenvalue weighted by Gasteiger charge is -2.32. The summed E-state index contributed by atoms with van der Waals surface area (Å²) in [7, 11) is 0. The van der Waals surface area contributed by atoms with Crippen LogP contribution in [0.5, 0.6) is 5.75 Å². The van der Waals surface area contributed by atoms with Crippen LogP contribution in [0.4, 0.5) is 0 Å². The zero-order chi connectivity index (χ0) is 19.3. The third-order valence-electron chi connectivity index (χ3n) is 5.55. The Morgan fingerprint density at radius 3 is 2.36 bits per heavy atom. The van der Waals surface area contributed by atoms with E-state index in [1.54, 1.807) is 6.07 Å². The molecule has 0 spiro atoms. The number of carbonyl (C=O) groups is 2. The highest BCUT2D eigenvalue weighted by Gasteiger charge is 2.25. The predicted octanol–water partition coefficient (Wildman–Crippen LogP) is 3.45. The van der Waals surface area contributed by atoms with Crippen LogP contribution in [-0.2, 0) is 0 Å². The Labute approximate surface area is 165 Å². The first-order valence-corrected chi connectivity index (χ1v) is 10.0. The minimum absolute atomic E-state index is 0.0169. The van der Waals surface area contributed by atoms with Gasteiger partial charge in [0.1, 0.15) is 12.0 Å². The van der Waals surface area contributed by atoms with Crippen molar-refractivity contribution in [1.82, 2.24) is 9.80 Å². The van der Waals surface area contributed by atoms with Gasteiger partial charge in [-0.2, -0.15) is 0 Å². The fourth-order valence-electron chi connectivity index (χ4n) is 3.96. The molecule has 0 aliphatic carbocycles. The Balaban J connectivity index is 1.29. The molecule has 6 nitrogen and oxygen atoms in total. The molecule has 148 valence electrons. The Hall–Kier alpha value is -2.76. The molecule has 2 aliphatic heterocycles. The van der Waals surface area contributed by atoms with E-state index >= 15 is 0 Å². The molecular weight excluding hydrogens is 356 g/mol. The van der Waals surface area contributed by atoms with E-state index in [9.17, 15) is 9.59 Å². The zero-order valence-electron chi connectivity index (χ0n) is 16.0. The first-order valence-electron chi connectivity index (χ1n) is 10.0. The summed E-state index contributed by atoms with van der Waals surface area (Å²) in [5.74, 6) is 1.18. The first kappa shape index (κ1) is 18.6. The Morgan fingerprint density at radius 1 is 0.929 bits per heavy atom. The summed E-state index contributed by atoms with van der Waals surface area (Å²) in [6, 6.07) is 9.10. The van der Waals surface area contributed by atoms with Gasteiger partial charge in [-0.05, 0) is 56.0 Å². The SMILES string of the molecule is O=C(c1ccc(OCC2CCCN(C(=O)c3ccoc3)C2)cc1)N1CCCC1. The van der Waals surface area contributed by atoms with Gasteiger partial charge in [0.15, 0.2) is 0 Å². The van der Waals surface area contributed by atoms with E-state index < -0.39 is 0 Å². The van der Waals surface area contributed by atoms with Crippen molar-refractivity contribution < 1.29 is 18.7 Å².